The number of nitrogens with zero attached hydrogens (tertiary/aromatic N) is 4. The first-order valence-electron chi connectivity index (χ1n) is 32.1. The van der Waals surface area contributed by atoms with Gasteiger partial charge in [-0.1, -0.05) is 138 Å². The summed E-state index contributed by atoms with van der Waals surface area (Å²) >= 11 is 0. The number of nitrogens with one attached hydrogen (secondary N) is 6. The van der Waals surface area contributed by atoms with E-state index in [9.17, 15) is 62.6 Å². The van der Waals surface area contributed by atoms with Crippen LogP contribution in [0.2, 0.25) is 0 Å². The maximum atomic E-state index is 14.7. The van der Waals surface area contributed by atoms with E-state index in [2.05, 4.69) is 31.9 Å². The van der Waals surface area contributed by atoms with Crippen LogP contribution in [-0.4, -0.2) is 190 Å². The third-order valence-corrected chi connectivity index (χ3v) is 17.0. The van der Waals surface area contributed by atoms with Gasteiger partial charge >= 0.3 is 0 Å². The highest BCUT2D eigenvalue weighted by molar-refractivity contribution is 5.99. The Bertz CT molecular complexity index is 3000. The molecule has 0 radical (unpaired) electrons. The molecular weight excluding hydrogens is 1180 g/mol. The van der Waals surface area contributed by atoms with E-state index in [0.717, 1.165) is 0 Å². The fourth-order valence-corrected chi connectivity index (χ4v) is 10.9. The molecule has 0 spiro atoms. The van der Waals surface area contributed by atoms with Gasteiger partial charge in [0.25, 0.3) is 0 Å². The molecule has 10 amide bonds. The van der Waals surface area contributed by atoms with Gasteiger partial charge in [-0.3, -0.25) is 57.5 Å². The molecule has 92 heavy (non-hydrogen) atoms. The number of carbonyl (C=O) groups excluding carboxylic acids is 12. The quantitative estimate of drug-likeness (QED) is 0.122. The molecule has 0 aliphatic carbocycles. The molecule has 0 saturated carbocycles. The first kappa shape index (κ1) is 76.1. The number of rotatable bonds is 14. The lowest BCUT2D eigenvalue weighted by Crippen LogP contribution is -2.59. The molecule has 1 unspecified atom stereocenters. The monoisotopic (exact) mass is 1280 g/mol. The first-order valence-corrected chi connectivity index (χ1v) is 32.1. The fourth-order valence-electron chi connectivity index (χ4n) is 10.9. The van der Waals surface area contributed by atoms with Crippen molar-refractivity contribution in [2.45, 2.75) is 206 Å². The Hall–Kier alpha value is -8.34. The second kappa shape index (κ2) is 36.6. The molecule has 3 aromatic carbocycles. The number of likely N-dealkylation sites (N-methyl/N-ethyl adjacent to an activating group) is 4. The van der Waals surface area contributed by atoms with E-state index >= 15 is 0 Å². The van der Waals surface area contributed by atoms with E-state index in [4.69, 9.17) is 0 Å². The summed E-state index contributed by atoms with van der Waals surface area (Å²) in [6.45, 7) is 16.1. The Morgan fingerprint density at radius 1 is 0.500 bits per heavy atom. The molecule has 1 aliphatic heterocycles. The minimum atomic E-state index is -1.48. The highest BCUT2D eigenvalue weighted by Gasteiger charge is 2.40. The van der Waals surface area contributed by atoms with E-state index < -0.39 is 137 Å². The Morgan fingerprint density at radius 2 is 1.01 bits per heavy atom. The van der Waals surface area contributed by atoms with Crippen LogP contribution in [0.15, 0.2) is 91.0 Å². The van der Waals surface area contributed by atoms with Gasteiger partial charge in [0.2, 0.25) is 59.1 Å². The lowest BCUT2D eigenvalue weighted by Gasteiger charge is -2.36. The predicted molar refractivity (Wildman–Crippen MR) is 348 cm³/mol. The van der Waals surface area contributed by atoms with Crippen LogP contribution < -0.4 is 31.9 Å². The highest BCUT2D eigenvalue weighted by atomic mass is 16.3. The summed E-state index contributed by atoms with van der Waals surface area (Å²) in [6, 6.07) is 14.6. The topological polar surface area (TPSA) is 310 Å². The van der Waals surface area contributed by atoms with Crippen LogP contribution >= 0.6 is 0 Å². The smallest absolute Gasteiger partial charge is 0.249 e. The van der Waals surface area contributed by atoms with Crippen molar-refractivity contribution < 1.29 is 62.6 Å². The first-order chi connectivity index (χ1) is 43.3. The minimum Gasteiger partial charge on any atom is -0.384 e. The molecule has 0 aromatic heterocycles. The van der Waals surface area contributed by atoms with Gasteiger partial charge in [0.05, 0.1) is 12.1 Å². The molecule has 0 bridgehead atoms. The summed E-state index contributed by atoms with van der Waals surface area (Å²) in [7, 11) is 5.71. The number of carbonyl (C=O) groups is 12. The van der Waals surface area contributed by atoms with Crippen molar-refractivity contribution in [1.82, 2.24) is 51.5 Å². The Kier molecular flexibility index (Phi) is 30.3. The molecule has 12 atom stereocenters. The van der Waals surface area contributed by atoms with Crippen molar-refractivity contribution in [1.29, 1.82) is 0 Å². The van der Waals surface area contributed by atoms with Crippen molar-refractivity contribution in [2.24, 2.45) is 17.8 Å². The molecule has 7 N–H and O–H groups in total. The number of aliphatic hydroxyl groups is 1. The van der Waals surface area contributed by atoms with E-state index in [0.29, 0.717) is 23.1 Å². The van der Waals surface area contributed by atoms with Gasteiger partial charge in [0.15, 0.2) is 11.6 Å². The van der Waals surface area contributed by atoms with Gasteiger partial charge in [-0.25, -0.2) is 0 Å². The maximum Gasteiger partial charge on any atom is 0.249 e. The van der Waals surface area contributed by atoms with Gasteiger partial charge < -0.3 is 56.6 Å². The number of ketones is 2. The van der Waals surface area contributed by atoms with Crippen molar-refractivity contribution in [3.8, 4) is 0 Å². The number of Topliss-reactive ketones (excluding diaryl/α,β-unsaturated/α-hetero) is 2. The molecule has 504 valence electrons. The largest absolute Gasteiger partial charge is 0.384 e. The van der Waals surface area contributed by atoms with Gasteiger partial charge in [-0.2, -0.15) is 0 Å². The summed E-state index contributed by atoms with van der Waals surface area (Å²) < 4.78 is 0. The molecule has 23 heteroatoms. The second-order valence-electron chi connectivity index (χ2n) is 25.5. The van der Waals surface area contributed by atoms with Crippen LogP contribution in [0.1, 0.15) is 137 Å². The number of hydrogen-bond donors (Lipinski definition) is 7. The van der Waals surface area contributed by atoms with E-state index in [1.807, 2.05) is 27.7 Å². The normalized spacial score (nSPS) is 25.1. The van der Waals surface area contributed by atoms with Crippen LogP contribution in [0.5, 0.6) is 0 Å². The van der Waals surface area contributed by atoms with E-state index in [1.165, 1.54) is 82.4 Å². The zero-order valence-electron chi connectivity index (χ0n) is 56.2. The van der Waals surface area contributed by atoms with E-state index in [-0.39, 0.29) is 81.8 Å². The highest BCUT2D eigenvalue weighted by Crippen LogP contribution is 2.23. The zero-order chi connectivity index (χ0) is 68.7. The standard InChI is InChI=1S/C69H100N10O13/c1-41(2)35-55-68(91)77(12)47(9)67(90)78(13)56(36-42(3)4)59(82)37-43(5)66(89)79(14)57(40-51-31-23-17-24-32-51)69(92)76(11)46(8)61(84)71-45(7)60(83)73-53(38-49-27-19-15-20-28-49)64(87)70-44(6)58(81)34-26-18-25-33-52(63(86)75-55)72-65(88)54(74-62(85)48(10)80)39-50-29-21-16-22-30-50/h15-17,19-24,27-32,41-48,52-57,80H,18,25-26,33-40H2,1-14H3,(H,70,87)(H,71,84)(H,72,88)(H,73,83)(H,74,85)(H,75,86)/t43-,44+,45+,46+,47+,48?,52+,53+,54+,55+,56+,57+/m1/s1. The third kappa shape index (κ3) is 23.1. The third-order valence-electron chi connectivity index (χ3n) is 17.0. The van der Waals surface area contributed by atoms with Gasteiger partial charge in [-0.15, -0.1) is 0 Å². The number of hydrogen-bond acceptors (Lipinski definition) is 13. The number of amides is 10. The maximum absolute atomic E-state index is 14.7. The second-order valence-corrected chi connectivity index (χ2v) is 25.5. The van der Waals surface area contributed by atoms with Gasteiger partial charge in [-0.05, 0) is 88.8 Å². The van der Waals surface area contributed by atoms with Crippen molar-refractivity contribution in [3.63, 3.8) is 0 Å². The zero-order valence-corrected chi connectivity index (χ0v) is 56.2. The number of benzene rings is 3. The summed E-state index contributed by atoms with van der Waals surface area (Å²) in [6.07, 6.45) is -0.640. The van der Waals surface area contributed by atoms with Crippen molar-refractivity contribution in [3.05, 3.63) is 108 Å². The average Bonchev–Trinajstić information content (AvgIpc) is 1.24. The van der Waals surface area contributed by atoms with Crippen LogP contribution in [-0.2, 0) is 76.8 Å². The predicted octanol–water partition coefficient (Wildman–Crippen LogP) is 3.61. The number of aliphatic hydroxyl groups excluding tert-OH is 1. The average molecular weight is 1280 g/mol. The Labute approximate surface area is 542 Å². The summed E-state index contributed by atoms with van der Waals surface area (Å²) in [5.74, 6) is -9.05. The lowest BCUT2D eigenvalue weighted by molar-refractivity contribution is -0.150. The van der Waals surface area contributed by atoms with Gasteiger partial charge in [0, 0.05) is 66.2 Å². The summed E-state index contributed by atoms with van der Waals surface area (Å²) in [5, 5.41) is 26.5. The molecular formula is C69H100N10O13. The minimum absolute atomic E-state index is 0.00785. The molecule has 23 nitrogen and oxygen atoms in total. The molecule has 4 rings (SSSR count). The van der Waals surface area contributed by atoms with Gasteiger partial charge in [0.1, 0.15) is 54.4 Å². The SMILES string of the molecule is CC(C)C[C@@H]1NC(=O)[C@@H](NC(=O)[C@H](Cc2ccccc2)NC(=O)C(C)O)CCCCCC(=O)[C@H](C)NC(=O)[C@H](Cc2ccccc2)NC(=O)[C@H](C)NC(=O)[C@H](C)N(C)C(=O)[C@H](Cc2ccccc2)N(C)C(=O)[C@H](C)CC(=O)[C@H](CC(C)C)N(C)C(=O)[C@H](C)N(C)C1=O. The molecule has 1 aliphatic rings. The lowest BCUT2D eigenvalue weighted by atomic mass is 9.92. The summed E-state index contributed by atoms with van der Waals surface area (Å²) in [4.78, 5) is 176. The molecule has 1 saturated heterocycles. The molecule has 3 aromatic rings. The van der Waals surface area contributed by atoms with Crippen LogP contribution in [0.4, 0.5) is 0 Å². The van der Waals surface area contributed by atoms with Crippen LogP contribution in [0, 0.1) is 17.8 Å². The fraction of sp³-hybridized carbons (Fsp3) is 0.565. The van der Waals surface area contributed by atoms with Crippen molar-refractivity contribution in [2.75, 3.05) is 28.2 Å². The van der Waals surface area contributed by atoms with E-state index in [1.54, 1.807) is 97.9 Å². The summed E-state index contributed by atoms with van der Waals surface area (Å²) in [5.41, 5.74) is 2.04. The molecule has 1 heterocycles. The molecule has 1 fully saturated rings. The Balaban J connectivity index is 1.77. The van der Waals surface area contributed by atoms with Crippen molar-refractivity contribution >= 4 is 70.6 Å². The van der Waals surface area contributed by atoms with Crippen LogP contribution in [0.25, 0.3) is 0 Å². The Morgan fingerprint density at radius 3 is 1.57 bits per heavy atom. The van der Waals surface area contributed by atoms with Crippen LogP contribution in [0.3, 0.4) is 0 Å².